The van der Waals surface area contributed by atoms with Crippen molar-refractivity contribution in [1.29, 1.82) is 0 Å². The van der Waals surface area contributed by atoms with Gasteiger partial charge in [0.25, 0.3) is 0 Å². The van der Waals surface area contributed by atoms with E-state index in [1.165, 1.54) is 41.9 Å². The summed E-state index contributed by atoms with van der Waals surface area (Å²) < 4.78 is 86.5. The van der Waals surface area contributed by atoms with Crippen LogP contribution in [-0.2, 0) is 44.2 Å². The van der Waals surface area contributed by atoms with Crippen LogP contribution in [0.5, 0.6) is 11.5 Å². The zero-order valence-electron chi connectivity index (χ0n) is 29.5. The Morgan fingerprint density at radius 3 is 2.25 bits per heavy atom. The molecule has 2 aromatic heterocycles. The number of carbonyl (C=O) groups is 3. The maximum Gasteiger partial charge on any atom is 0.413 e. The minimum atomic E-state index is -4.46. The van der Waals surface area contributed by atoms with Gasteiger partial charge in [-0.1, -0.05) is 0 Å². The van der Waals surface area contributed by atoms with Crippen molar-refractivity contribution in [3.63, 3.8) is 0 Å². The largest absolute Gasteiger partial charge is 0.497 e. The number of halogens is 2. The molecule has 0 saturated carbocycles. The molecule has 1 aromatic carbocycles. The number of methoxy groups -OCH3 is 2. The third kappa shape index (κ3) is 9.86. The number of fused-ring (bicyclic) bond motifs is 1. The maximum atomic E-state index is 15.3. The molecule has 3 aromatic rings. The van der Waals surface area contributed by atoms with E-state index in [-0.39, 0.29) is 31.4 Å². The van der Waals surface area contributed by atoms with E-state index in [9.17, 15) is 28.8 Å². The van der Waals surface area contributed by atoms with Crippen molar-refractivity contribution in [3.8, 4) is 11.5 Å². The molecular formula is C31H40F2N5O14P. The minimum Gasteiger partial charge on any atom is -0.497 e. The highest BCUT2D eigenvalue weighted by Crippen LogP contribution is 2.45. The third-order valence-corrected chi connectivity index (χ3v) is 9.50. The predicted octanol–water partition coefficient (Wildman–Crippen LogP) is 2.86. The molecule has 292 valence electrons. The van der Waals surface area contributed by atoms with E-state index in [4.69, 9.17) is 37.4 Å². The van der Waals surface area contributed by atoms with Gasteiger partial charge in [0.1, 0.15) is 35.5 Å². The van der Waals surface area contributed by atoms with Gasteiger partial charge in [0.15, 0.2) is 24.0 Å². The molecular weight excluding hydrogens is 735 g/mol. The Labute approximate surface area is 300 Å². The van der Waals surface area contributed by atoms with Crippen molar-refractivity contribution < 1.29 is 70.2 Å². The quantitative estimate of drug-likeness (QED) is 0.0876. The van der Waals surface area contributed by atoms with E-state index < -0.39 is 74.4 Å². The molecule has 4 N–H and O–H groups in total. The zero-order chi connectivity index (χ0) is 39.1. The van der Waals surface area contributed by atoms with Crippen LogP contribution in [-0.4, -0.2) is 96.9 Å². The monoisotopic (exact) mass is 775 g/mol. The number of hydrogen-bond acceptors (Lipinski definition) is 15. The van der Waals surface area contributed by atoms with Crippen LogP contribution in [0.25, 0.3) is 11.0 Å². The number of aliphatic hydroxyl groups is 1. The lowest BCUT2D eigenvalue weighted by Gasteiger charge is -2.27. The number of rotatable bonds is 17. The van der Waals surface area contributed by atoms with Gasteiger partial charge >= 0.3 is 37.3 Å². The number of nitrogens with one attached hydrogen (secondary N) is 3. The van der Waals surface area contributed by atoms with E-state index in [0.29, 0.717) is 27.0 Å². The van der Waals surface area contributed by atoms with Gasteiger partial charge in [-0.15, -0.1) is 0 Å². The highest BCUT2D eigenvalue weighted by molar-refractivity contribution is 7.54. The fourth-order valence-electron chi connectivity index (χ4n) is 4.97. The van der Waals surface area contributed by atoms with Crippen molar-refractivity contribution in [2.75, 3.05) is 39.4 Å². The van der Waals surface area contributed by atoms with Crippen molar-refractivity contribution in [2.45, 2.75) is 70.7 Å². The summed E-state index contributed by atoms with van der Waals surface area (Å²) in [5, 5.41) is 18.0. The Morgan fingerprint density at radius 1 is 1.04 bits per heavy atom. The first-order valence-corrected chi connectivity index (χ1v) is 17.7. The van der Waals surface area contributed by atoms with Gasteiger partial charge in [-0.2, -0.15) is 13.8 Å². The number of nitrogens with zero attached hydrogens (tertiary/aromatic N) is 2. The highest BCUT2D eigenvalue weighted by Gasteiger charge is 2.60. The highest BCUT2D eigenvalue weighted by atomic mass is 31.2. The minimum absolute atomic E-state index is 0.00689. The number of esters is 2. The van der Waals surface area contributed by atoms with Crippen LogP contribution in [0.3, 0.4) is 0 Å². The van der Waals surface area contributed by atoms with Crippen LogP contribution in [0.1, 0.15) is 39.7 Å². The molecule has 1 aliphatic rings. The smallest absolute Gasteiger partial charge is 0.413 e. The second-order valence-electron chi connectivity index (χ2n) is 11.4. The van der Waals surface area contributed by atoms with Crippen LogP contribution in [0.15, 0.2) is 39.7 Å². The number of anilines is 1. The van der Waals surface area contributed by atoms with Gasteiger partial charge in [0, 0.05) is 17.6 Å². The van der Waals surface area contributed by atoms with Crippen molar-refractivity contribution >= 4 is 42.5 Å². The molecule has 5 atom stereocenters. The molecule has 19 nitrogen and oxygen atoms in total. The molecule has 1 saturated heterocycles. The summed E-state index contributed by atoms with van der Waals surface area (Å²) in [7, 11) is -1.53. The first-order chi connectivity index (χ1) is 25.0. The average Bonchev–Trinajstić information content (AvgIpc) is 3.63. The third-order valence-electron chi connectivity index (χ3n) is 7.53. The Bertz CT molecular complexity index is 1860. The van der Waals surface area contributed by atoms with E-state index >= 15 is 8.78 Å². The molecule has 1 fully saturated rings. The van der Waals surface area contributed by atoms with Gasteiger partial charge < -0.3 is 42.5 Å². The topological polar surface area (TPSA) is 237 Å². The lowest BCUT2D eigenvalue weighted by atomic mass is 10.1. The number of amides is 1. The lowest BCUT2D eigenvalue weighted by molar-refractivity contribution is -0.145. The summed E-state index contributed by atoms with van der Waals surface area (Å²) in [5.41, 5.74) is -0.919. The van der Waals surface area contributed by atoms with Crippen molar-refractivity contribution in [2.24, 2.45) is 0 Å². The second kappa shape index (κ2) is 17.4. The molecule has 0 radical (unpaired) electrons. The lowest BCUT2D eigenvalue weighted by Crippen LogP contribution is -2.44. The molecule has 1 amide bonds. The molecule has 0 spiro atoms. The van der Waals surface area contributed by atoms with Gasteiger partial charge in [-0.3, -0.25) is 24.0 Å². The van der Waals surface area contributed by atoms with E-state index in [0.717, 1.165) is 12.3 Å². The van der Waals surface area contributed by atoms with E-state index in [1.807, 2.05) is 0 Å². The van der Waals surface area contributed by atoms with E-state index in [2.05, 4.69) is 20.5 Å². The van der Waals surface area contributed by atoms with Crippen molar-refractivity contribution in [1.82, 2.24) is 19.7 Å². The SMILES string of the molecule is CCOC(=O)[C@H](C)NP(=O)(N[C@@H](C)C(=O)OCC)OCC1O[C@@H](n2ccc(NC(=O)OCc3cc4cc(OC)cc(OC)c4o3)nc2=O)C(F)(F)[C@@H]1O. The van der Waals surface area contributed by atoms with Crippen LogP contribution < -0.4 is 30.7 Å². The molecule has 3 heterocycles. The summed E-state index contributed by atoms with van der Waals surface area (Å²) in [4.78, 5) is 53.3. The zero-order valence-corrected chi connectivity index (χ0v) is 30.3. The summed E-state index contributed by atoms with van der Waals surface area (Å²) in [5.74, 6) is -5.01. The number of benzene rings is 1. The number of furan rings is 1. The normalized spacial score (nSPS) is 19.3. The van der Waals surface area contributed by atoms with Gasteiger partial charge in [-0.05, 0) is 45.9 Å². The van der Waals surface area contributed by atoms with Gasteiger partial charge in [0.05, 0.1) is 34.0 Å². The van der Waals surface area contributed by atoms with Gasteiger partial charge in [-0.25, -0.2) is 19.8 Å². The first kappa shape index (κ1) is 41.1. The fourth-order valence-corrected chi connectivity index (χ4v) is 6.78. The second-order valence-corrected chi connectivity index (χ2v) is 13.2. The predicted molar refractivity (Wildman–Crippen MR) is 179 cm³/mol. The number of carbonyl (C=O) groups excluding carboxylic acids is 3. The molecule has 4 rings (SSSR count). The first-order valence-electron chi connectivity index (χ1n) is 16.1. The number of ether oxygens (including phenoxy) is 6. The van der Waals surface area contributed by atoms with Crippen LogP contribution in [0.2, 0.25) is 0 Å². The number of alkyl halides is 2. The molecule has 0 aliphatic carbocycles. The Kier molecular flexibility index (Phi) is 13.5. The molecule has 22 heteroatoms. The summed E-state index contributed by atoms with van der Waals surface area (Å²) >= 11 is 0. The number of aromatic nitrogens is 2. The summed E-state index contributed by atoms with van der Waals surface area (Å²) in [6.45, 7) is 4.31. The Morgan fingerprint density at radius 2 is 1.68 bits per heavy atom. The van der Waals surface area contributed by atoms with Crippen LogP contribution in [0.4, 0.5) is 19.4 Å². The van der Waals surface area contributed by atoms with Crippen LogP contribution >= 0.6 is 7.67 Å². The van der Waals surface area contributed by atoms with Gasteiger partial charge in [0.2, 0.25) is 6.23 Å². The Hall–Kier alpha value is -4.66. The molecule has 1 aliphatic heterocycles. The molecule has 1 unspecified atom stereocenters. The summed E-state index contributed by atoms with van der Waals surface area (Å²) in [6, 6.07) is 3.37. The van der Waals surface area contributed by atoms with E-state index in [1.54, 1.807) is 18.2 Å². The molecule has 53 heavy (non-hydrogen) atoms. The van der Waals surface area contributed by atoms with Crippen molar-refractivity contribution in [3.05, 3.63) is 46.7 Å². The Balaban J connectivity index is 1.42. The average molecular weight is 776 g/mol. The fraction of sp³-hybridized carbons (Fsp3) is 0.516. The molecule has 0 bridgehead atoms. The number of aliphatic hydroxyl groups excluding tert-OH is 1. The standard InChI is InChI=1S/C31H40F2N5O14P/c1-7-47-26(40)16(3)36-53(44,37-17(4)27(41)48-8-2)50-15-22-25(39)31(32,33)28(52-22)38-10-9-23(34-29(38)42)35-30(43)49-14-20-12-18-11-19(45-5)13-21(46-6)24(18)51-20/h9-13,16-17,22,25,28,39H,7-8,14-15H2,1-6H3,(H2,36,37,44)(H,34,35,42,43)/t16-,17-,22?,25+,28+/m0/s1. The summed E-state index contributed by atoms with van der Waals surface area (Å²) in [6.07, 6.45) is -7.12. The van der Waals surface area contributed by atoms with Crippen LogP contribution in [0, 0.1) is 0 Å². The maximum absolute atomic E-state index is 15.3. The number of hydrogen-bond donors (Lipinski definition) is 4.